The topological polar surface area (TPSA) is 44.8 Å². The van der Waals surface area contributed by atoms with Gasteiger partial charge in [0, 0.05) is 30.7 Å². The van der Waals surface area contributed by atoms with Gasteiger partial charge in [-0.2, -0.15) is 0 Å². The Labute approximate surface area is 160 Å². The van der Waals surface area contributed by atoms with Gasteiger partial charge < -0.3 is 19.9 Å². The van der Waals surface area contributed by atoms with Gasteiger partial charge in [-0.15, -0.1) is 0 Å². The molecule has 5 nitrogen and oxygen atoms in total. The molecule has 0 atom stereocenters. The highest BCUT2D eigenvalue weighted by atomic mass is 79.9. The van der Waals surface area contributed by atoms with Gasteiger partial charge in [-0.25, -0.2) is 4.39 Å². The van der Waals surface area contributed by atoms with Crippen molar-refractivity contribution in [2.24, 2.45) is 0 Å². The zero-order valence-electron chi connectivity index (χ0n) is 14.5. The third-order valence-electron chi connectivity index (χ3n) is 4.27. The van der Waals surface area contributed by atoms with Crippen LogP contribution in [0.3, 0.4) is 0 Å². The van der Waals surface area contributed by atoms with Crippen LogP contribution in [0.1, 0.15) is 0 Å². The smallest absolute Gasteiger partial charge is 0.262 e. The maximum Gasteiger partial charge on any atom is 0.262 e. The fraction of sp³-hybridized carbons (Fsp3) is 0.316. The van der Waals surface area contributed by atoms with E-state index in [-0.39, 0.29) is 18.3 Å². The highest BCUT2D eigenvalue weighted by Crippen LogP contribution is 2.26. The Morgan fingerprint density at radius 3 is 2.65 bits per heavy atom. The van der Waals surface area contributed by atoms with Crippen molar-refractivity contribution in [3.8, 4) is 5.75 Å². The van der Waals surface area contributed by atoms with Crippen molar-refractivity contribution in [2.75, 3.05) is 50.1 Å². The highest BCUT2D eigenvalue weighted by Gasteiger charge is 2.18. The maximum absolute atomic E-state index is 13.8. The van der Waals surface area contributed by atoms with Crippen LogP contribution >= 0.6 is 15.9 Å². The molecule has 1 fully saturated rings. The first-order valence-electron chi connectivity index (χ1n) is 8.43. The minimum absolute atomic E-state index is 0.0516. The van der Waals surface area contributed by atoms with Gasteiger partial charge in [-0.1, -0.05) is 28.1 Å². The van der Waals surface area contributed by atoms with Gasteiger partial charge in [0.15, 0.2) is 18.2 Å². The second kappa shape index (κ2) is 8.51. The van der Waals surface area contributed by atoms with E-state index in [0.717, 1.165) is 37.6 Å². The van der Waals surface area contributed by atoms with E-state index in [9.17, 15) is 9.18 Å². The molecule has 0 unspecified atom stereocenters. The molecule has 0 aromatic heterocycles. The summed E-state index contributed by atoms with van der Waals surface area (Å²) < 4.78 is 19.7. The Kier molecular flexibility index (Phi) is 6.11. The van der Waals surface area contributed by atoms with E-state index in [2.05, 4.69) is 38.1 Å². The second-order valence-electron chi connectivity index (χ2n) is 6.22. The summed E-state index contributed by atoms with van der Waals surface area (Å²) in [5, 5.41) is 2.87. The van der Waals surface area contributed by atoms with Crippen LogP contribution in [-0.2, 0) is 4.79 Å². The number of nitrogens with zero attached hydrogens (tertiary/aromatic N) is 2. The van der Waals surface area contributed by atoms with Crippen molar-refractivity contribution in [2.45, 2.75) is 0 Å². The molecule has 1 amide bonds. The quantitative estimate of drug-likeness (QED) is 0.803. The fourth-order valence-corrected chi connectivity index (χ4v) is 3.16. The number of rotatable bonds is 5. The largest absolute Gasteiger partial charge is 0.481 e. The van der Waals surface area contributed by atoms with E-state index in [1.807, 2.05) is 24.3 Å². The average molecular weight is 422 g/mol. The first-order chi connectivity index (χ1) is 12.5. The third kappa shape index (κ3) is 4.74. The van der Waals surface area contributed by atoms with Gasteiger partial charge in [-0.05, 0) is 37.4 Å². The second-order valence-corrected chi connectivity index (χ2v) is 7.13. The lowest BCUT2D eigenvalue weighted by Crippen LogP contribution is -2.44. The summed E-state index contributed by atoms with van der Waals surface area (Å²) in [4.78, 5) is 16.8. The van der Waals surface area contributed by atoms with E-state index in [0.29, 0.717) is 4.47 Å². The van der Waals surface area contributed by atoms with Gasteiger partial charge >= 0.3 is 0 Å². The molecule has 1 aliphatic rings. The van der Waals surface area contributed by atoms with Crippen LogP contribution in [0.15, 0.2) is 46.9 Å². The molecule has 1 aliphatic heterocycles. The summed E-state index contributed by atoms with van der Waals surface area (Å²) in [5.74, 6) is -0.783. The van der Waals surface area contributed by atoms with Crippen LogP contribution in [0, 0.1) is 5.82 Å². The Morgan fingerprint density at radius 1 is 1.19 bits per heavy atom. The van der Waals surface area contributed by atoms with Crippen molar-refractivity contribution in [1.29, 1.82) is 0 Å². The van der Waals surface area contributed by atoms with Crippen LogP contribution in [0.25, 0.3) is 0 Å². The lowest BCUT2D eigenvalue weighted by atomic mass is 10.2. The fourth-order valence-electron chi connectivity index (χ4n) is 2.82. The molecule has 0 bridgehead atoms. The molecule has 0 aliphatic carbocycles. The van der Waals surface area contributed by atoms with Gasteiger partial charge in [0.2, 0.25) is 0 Å². The average Bonchev–Trinajstić information content (AvgIpc) is 2.62. The number of hydrogen-bond donors (Lipinski definition) is 1. The Morgan fingerprint density at radius 2 is 1.92 bits per heavy atom. The van der Waals surface area contributed by atoms with Gasteiger partial charge in [-0.3, -0.25) is 4.79 Å². The summed E-state index contributed by atoms with van der Waals surface area (Å²) in [6.07, 6.45) is 0. The number of nitrogens with one attached hydrogen (secondary N) is 1. The van der Waals surface area contributed by atoms with Gasteiger partial charge in [0.05, 0.1) is 11.4 Å². The van der Waals surface area contributed by atoms with Crippen LogP contribution in [0.5, 0.6) is 5.75 Å². The molecular weight excluding hydrogens is 401 g/mol. The predicted octanol–water partition coefficient (Wildman–Crippen LogP) is 3.36. The van der Waals surface area contributed by atoms with Crippen LogP contribution < -0.4 is 15.0 Å². The number of likely N-dealkylation sites (N-methyl/N-ethyl adjacent to an activating group) is 1. The first-order valence-corrected chi connectivity index (χ1v) is 9.22. The molecule has 0 radical (unpaired) electrons. The van der Waals surface area contributed by atoms with Crippen molar-refractivity contribution in [3.63, 3.8) is 0 Å². The highest BCUT2D eigenvalue weighted by molar-refractivity contribution is 9.10. The number of piperazine rings is 1. The minimum Gasteiger partial charge on any atom is -0.481 e. The van der Waals surface area contributed by atoms with E-state index in [1.54, 1.807) is 6.07 Å². The Balaban J connectivity index is 1.62. The summed E-state index contributed by atoms with van der Waals surface area (Å²) in [5.41, 5.74) is 1.73. The number of carbonyl (C=O) groups is 1. The van der Waals surface area contributed by atoms with Crippen molar-refractivity contribution in [1.82, 2.24) is 4.90 Å². The number of ether oxygens (including phenoxy) is 1. The number of halogens is 2. The summed E-state index contributed by atoms with van der Waals surface area (Å²) >= 11 is 3.19. The zero-order valence-corrected chi connectivity index (χ0v) is 16.1. The summed E-state index contributed by atoms with van der Waals surface area (Å²) in [7, 11) is 2.10. The molecule has 1 saturated heterocycles. The molecule has 138 valence electrons. The normalized spacial score (nSPS) is 15.0. The number of anilines is 2. The minimum atomic E-state index is -0.509. The van der Waals surface area contributed by atoms with Gasteiger partial charge in [0.25, 0.3) is 5.91 Å². The molecule has 1 heterocycles. The predicted molar refractivity (Wildman–Crippen MR) is 104 cm³/mol. The maximum atomic E-state index is 13.8. The summed E-state index contributed by atoms with van der Waals surface area (Å²) in [6.45, 7) is 3.52. The molecule has 1 N–H and O–H groups in total. The molecule has 2 aromatic rings. The number of benzene rings is 2. The standard InChI is InChI=1S/C19H21BrFN3O2/c1-23-8-10-24(11-9-23)17-5-3-2-4-16(17)22-19(25)13-26-18-7-6-14(20)12-15(18)21/h2-7,12H,8-11,13H2,1H3,(H,22,25). The number of para-hydroxylation sites is 2. The number of amides is 1. The van der Waals surface area contributed by atoms with Gasteiger partial charge in [0.1, 0.15) is 0 Å². The lowest BCUT2D eigenvalue weighted by molar-refractivity contribution is -0.118. The molecule has 26 heavy (non-hydrogen) atoms. The van der Waals surface area contributed by atoms with Crippen molar-refractivity contribution in [3.05, 3.63) is 52.8 Å². The molecule has 3 rings (SSSR count). The monoisotopic (exact) mass is 421 g/mol. The van der Waals surface area contributed by atoms with E-state index in [4.69, 9.17) is 4.74 Å². The summed E-state index contributed by atoms with van der Waals surface area (Å²) in [6, 6.07) is 12.2. The zero-order chi connectivity index (χ0) is 18.5. The molecule has 0 spiro atoms. The lowest BCUT2D eigenvalue weighted by Gasteiger charge is -2.35. The van der Waals surface area contributed by atoms with E-state index in [1.165, 1.54) is 12.1 Å². The molecule has 0 saturated carbocycles. The Bertz CT molecular complexity index is 779. The molecule has 2 aromatic carbocycles. The Hall–Kier alpha value is -2.12. The van der Waals surface area contributed by atoms with Crippen LogP contribution in [0.2, 0.25) is 0 Å². The first kappa shape index (κ1) is 18.7. The van der Waals surface area contributed by atoms with Crippen molar-refractivity contribution < 1.29 is 13.9 Å². The molecular formula is C19H21BrFN3O2. The third-order valence-corrected chi connectivity index (χ3v) is 4.77. The van der Waals surface area contributed by atoms with Crippen molar-refractivity contribution >= 4 is 33.2 Å². The van der Waals surface area contributed by atoms with E-state index < -0.39 is 5.82 Å². The SMILES string of the molecule is CN1CCN(c2ccccc2NC(=O)COc2ccc(Br)cc2F)CC1. The van der Waals surface area contributed by atoms with Crippen LogP contribution in [-0.4, -0.2) is 50.6 Å². The molecule has 7 heteroatoms. The number of carbonyl (C=O) groups excluding carboxylic acids is 1. The van der Waals surface area contributed by atoms with E-state index >= 15 is 0 Å². The number of hydrogen-bond acceptors (Lipinski definition) is 4. The van der Waals surface area contributed by atoms with Crippen LogP contribution in [0.4, 0.5) is 15.8 Å².